The number of hydrogen-bond donors (Lipinski definition) is 0. The molecular weight excluding hydrogens is 247 g/mol. The molecule has 0 fully saturated rings. The second-order valence-corrected chi connectivity index (χ2v) is 4.02. The minimum absolute atomic E-state index is 0.270. The molecule has 0 bridgehead atoms. The van der Waals surface area contributed by atoms with E-state index in [9.17, 15) is 9.18 Å². The maximum atomic E-state index is 13.7. The Morgan fingerprint density at radius 3 is 2.84 bits per heavy atom. The van der Waals surface area contributed by atoms with Crippen LogP contribution in [0.4, 0.5) is 4.39 Å². The van der Waals surface area contributed by atoms with Crippen LogP contribution in [0.5, 0.6) is 0 Å². The Bertz CT molecular complexity index is 593. The number of hydrogen-bond acceptors (Lipinski definition) is 3. The molecule has 1 heterocycles. The van der Waals surface area contributed by atoms with Gasteiger partial charge in [-0.3, -0.25) is 0 Å². The second-order valence-electron chi connectivity index (χ2n) is 4.02. The van der Waals surface area contributed by atoms with Gasteiger partial charge in [0.1, 0.15) is 5.82 Å². The van der Waals surface area contributed by atoms with Crippen LogP contribution in [-0.2, 0) is 11.2 Å². The Balaban J connectivity index is 2.27. The van der Waals surface area contributed by atoms with Crippen LogP contribution >= 0.6 is 0 Å². The molecule has 1 aromatic carbocycles. The molecule has 4 nitrogen and oxygen atoms in total. The molecule has 0 aliphatic heterocycles. The minimum atomic E-state index is -0.431. The molecule has 0 radical (unpaired) electrons. The lowest BCUT2D eigenvalue weighted by Gasteiger charge is -2.04. The number of halogens is 1. The minimum Gasteiger partial charge on any atom is -0.462 e. The van der Waals surface area contributed by atoms with Gasteiger partial charge >= 0.3 is 5.97 Å². The summed E-state index contributed by atoms with van der Waals surface area (Å²) in [7, 11) is 0. The lowest BCUT2D eigenvalue weighted by atomic mass is 10.1. The van der Waals surface area contributed by atoms with Crippen LogP contribution in [0.3, 0.4) is 0 Å². The van der Waals surface area contributed by atoms with E-state index in [1.807, 2.05) is 6.92 Å². The first kappa shape index (κ1) is 13.3. The average Bonchev–Trinajstić information content (AvgIpc) is 2.88. The molecule has 0 saturated heterocycles. The number of rotatable bonds is 4. The molecule has 2 rings (SSSR count). The number of benzene rings is 1. The quantitative estimate of drug-likeness (QED) is 0.796. The average molecular weight is 262 g/mol. The molecule has 19 heavy (non-hydrogen) atoms. The van der Waals surface area contributed by atoms with Crippen LogP contribution in [0.1, 0.15) is 29.8 Å². The van der Waals surface area contributed by atoms with Crippen molar-refractivity contribution in [3.63, 3.8) is 0 Å². The van der Waals surface area contributed by atoms with E-state index in [-0.39, 0.29) is 5.82 Å². The summed E-state index contributed by atoms with van der Waals surface area (Å²) >= 11 is 0. The molecule has 1 aromatic heterocycles. The summed E-state index contributed by atoms with van der Waals surface area (Å²) in [6.07, 6.45) is 3.57. The van der Waals surface area contributed by atoms with Crippen molar-refractivity contribution in [2.24, 2.45) is 0 Å². The van der Waals surface area contributed by atoms with Gasteiger partial charge in [0, 0.05) is 6.20 Å². The van der Waals surface area contributed by atoms with Crippen molar-refractivity contribution in [1.82, 2.24) is 9.78 Å². The van der Waals surface area contributed by atoms with E-state index in [4.69, 9.17) is 4.74 Å². The predicted octanol–water partition coefficient (Wildman–Crippen LogP) is 2.75. The maximum Gasteiger partial charge on any atom is 0.341 e. The Morgan fingerprint density at radius 2 is 2.21 bits per heavy atom. The van der Waals surface area contributed by atoms with E-state index in [0.717, 1.165) is 0 Å². The van der Waals surface area contributed by atoms with E-state index in [0.29, 0.717) is 29.8 Å². The van der Waals surface area contributed by atoms with Gasteiger partial charge in [-0.25, -0.2) is 13.9 Å². The Morgan fingerprint density at radius 1 is 1.42 bits per heavy atom. The van der Waals surface area contributed by atoms with Gasteiger partial charge in [-0.15, -0.1) is 0 Å². The highest BCUT2D eigenvalue weighted by Gasteiger charge is 2.11. The molecule has 0 aliphatic rings. The van der Waals surface area contributed by atoms with Gasteiger partial charge in [0.2, 0.25) is 0 Å². The van der Waals surface area contributed by atoms with Crippen LogP contribution in [0.2, 0.25) is 0 Å². The zero-order valence-electron chi connectivity index (χ0n) is 10.9. The van der Waals surface area contributed by atoms with Gasteiger partial charge in [0.25, 0.3) is 0 Å². The number of aryl methyl sites for hydroxylation is 1. The Labute approximate surface area is 110 Å². The molecule has 0 saturated carbocycles. The van der Waals surface area contributed by atoms with Crippen molar-refractivity contribution in [2.45, 2.75) is 20.3 Å². The SMILES string of the molecule is CCOC(=O)c1cnn(-c2ccc(CC)c(F)c2)c1. The largest absolute Gasteiger partial charge is 0.462 e. The molecule has 0 unspecified atom stereocenters. The van der Waals surface area contributed by atoms with Crippen LogP contribution in [-0.4, -0.2) is 22.4 Å². The summed E-state index contributed by atoms with van der Waals surface area (Å²) in [5, 5.41) is 4.04. The third kappa shape index (κ3) is 2.81. The number of carbonyl (C=O) groups excluding carboxylic acids is 1. The fourth-order valence-electron chi connectivity index (χ4n) is 1.75. The highest BCUT2D eigenvalue weighted by atomic mass is 19.1. The lowest BCUT2D eigenvalue weighted by molar-refractivity contribution is 0.0526. The fourth-order valence-corrected chi connectivity index (χ4v) is 1.75. The van der Waals surface area contributed by atoms with Crippen molar-refractivity contribution < 1.29 is 13.9 Å². The normalized spacial score (nSPS) is 10.5. The van der Waals surface area contributed by atoms with Crippen LogP contribution in [0.25, 0.3) is 5.69 Å². The third-order valence-electron chi connectivity index (χ3n) is 2.78. The van der Waals surface area contributed by atoms with Gasteiger partial charge in [-0.2, -0.15) is 5.10 Å². The van der Waals surface area contributed by atoms with E-state index in [1.54, 1.807) is 19.1 Å². The third-order valence-corrected chi connectivity index (χ3v) is 2.78. The van der Waals surface area contributed by atoms with Crippen LogP contribution < -0.4 is 0 Å². The topological polar surface area (TPSA) is 44.1 Å². The molecule has 0 atom stereocenters. The first-order valence-electron chi connectivity index (χ1n) is 6.16. The highest BCUT2D eigenvalue weighted by molar-refractivity contribution is 5.88. The summed E-state index contributed by atoms with van der Waals surface area (Å²) in [5.74, 6) is -0.701. The number of ether oxygens (including phenoxy) is 1. The van der Waals surface area contributed by atoms with Crippen LogP contribution in [0, 0.1) is 5.82 Å². The van der Waals surface area contributed by atoms with E-state index < -0.39 is 5.97 Å². The van der Waals surface area contributed by atoms with Crippen molar-refractivity contribution in [3.05, 3.63) is 47.5 Å². The van der Waals surface area contributed by atoms with Gasteiger partial charge in [0.15, 0.2) is 0 Å². The van der Waals surface area contributed by atoms with Gasteiger partial charge < -0.3 is 4.74 Å². The van der Waals surface area contributed by atoms with Crippen LogP contribution in [0.15, 0.2) is 30.6 Å². The van der Waals surface area contributed by atoms with Gasteiger partial charge in [-0.1, -0.05) is 13.0 Å². The van der Waals surface area contributed by atoms with E-state index >= 15 is 0 Å². The van der Waals surface area contributed by atoms with E-state index in [2.05, 4.69) is 5.10 Å². The second kappa shape index (κ2) is 5.65. The van der Waals surface area contributed by atoms with Crippen molar-refractivity contribution in [3.8, 4) is 5.69 Å². The Hall–Kier alpha value is -2.17. The monoisotopic (exact) mass is 262 g/mol. The summed E-state index contributed by atoms with van der Waals surface area (Å²) in [6.45, 7) is 3.94. The molecule has 2 aromatic rings. The molecule has 0 amide bonds. The maximum absolute atomic E-state index is 13.7. The summed E-state index contributed by atoms with van der Waals surface area (Å²) < 4.78 is 20.0. The zero-order chi connectivity index (χ0) is 13.8. The lowest BCUT2D eigenvalue weighted by Crippen LogP contribution is -2.03. The number of carbonyl (C=O) groups is 1. The van der Waals surface area contributed by atoms with Crippen molar-refractivity contribution >= 4 is 5.97 Å². The van der Waals surface area contributed by atoms with Gasteiger partial charge in [0.05, 0.1) is 24.1 Å². The first-order chi connectivity index (χ1) is 9.15. The van der Waals surface area contributed by atoms with Crippen molar-refractivity contribution in [1.29, 1.82) is 0 Å². The molecule has 100 valence electrons. The molecule has 5 heteroatoms. The van der Waals surface area contributed by atoms with E-state index in [1.165, 1.54) is 23.1 Å². The molecule has 0 spiro atoms. The number of aromatic nitrogens is 2. The Kier molecular flexibility index (Phi) is 3.94. The van der Waals surface area contributed by atoms with Gasteiger partial charge in [-0.05, 0) is 31.0 Å². The smallest absolute Gasteiger partial charge is 0.341 e. The zero-order valence-corrected chi connectivity index (χ0v) is 10.9. The summed E-state index contributed by atoms with van der Waals surface area (Å²) in [6, 6.07) is 4.89. The molecule has 0 N–H and O–H groups in total. The highest BCUT2D eigenvalue weighted by Crippen LogP contribution is 2.15. The standard InChI is InChI=1S/C14H15FN2O2/c1-3-10-5-6-12(7-13(10)15)17-9-11(8-16-17)14(18)19-4-2/h5-9H,3-4H2,1-2H3. The fraction of sp³-hybridized carbons (Fsp3) is 0.286. The van der Waals surface area contributed by atoms with Crippen molar-refractivity contribution in [2.75, 3.05) is 6.61 Å². The predicted molar refractivity (Wildman–Crippen MR) is 68.9 cm³/mol. The summed E-state index contributed by atoms with van der Waals surface area (Å²) in [5.41, 5.74) is 1.58. The molecular formula is C14H15FN2O2. The number of esters is 1. The molecule has 0 aliphatic carbocycles. The first-order valence-corrected chi connectivity index (χ1v) is 6.16. The number of nitrogens with zero attached hydrogens (tertiary/aromatic N) is 2. The summed E-state index contributed by atoms with van der Waals surface area (Å²) in [4.78, 5) is 11.5.